The van der Waals surface area contributed by atoms with Gasteiger partial charge in [-0.05, 0) is 68.1 Å². The van der Waals surface area contributed by atoms with E-state index in [9.17, 15) is 8.42 Å². The molecule has 2 aromatic rings. The molecule has 0 saturated heterocycles. The van der Waals surface area contributed by atoms with Gasteiger partial charge in [0.15, 0.2) is 0 Å². The first kappa shape index (κ1) is 16.4. The Bertz CT molecular complexity index is 808. The van der Waals surface area contributed by atoms with Gasteiger partial charge in [0.25, 0.3) is 0 Å². The molecule has 2 rings (SSSR count). The van der Waals surface area contributed by atoms with Crippen LogP contribution >= 0.6 is 0 Å². The predicted octanol–water partition coefficient (Wildman–Crippen LogP) is 3.70. The lowest BCUT2D eigenvalue weighted by Crippen LogP contribution is -2.12. The molecule has 0 atom stereocenters. The SMILES string of the molecule is COc1cc(C)c(S(=O)(=O)Oc2cc(C)ccc2C)cc1C. The summed E-state index contributed by atoms with van der Waals surface area (Å²) < 4.78 is 35.7. The van der Waals surface area contributed by atoms with Gasteiger partial charge in [0.05, 0.1) is 7.11 Å². The van der Waals surface area contributed by atoms with Crippen LogP contribution in [0.25, 0.3) is 0 Å². The third kappa shape index (κ3) is 3.25. The first-order valence-corrected chi connectivity index (χ1v) is 8.32. The van der Waals surface area contributed by atoms with Crippen LogP contribution in [0.15, 0.2) is 35.2 Å². The Balaban J connectivity index is 2.47. The molecular weight excluding hydrogens is 300 g/mol. The number of benzene rings is 2. The molecule has 0 aliphatic heterocycles. The molecule has 0 spiro atoms. The topological polar surface area (TPSA) is 52.6 Å². The molecule has 0 unspecified atom stereocenters. The predicted molar refractivity (Wildman–Crippen MR) is 86.2 cm³/mol. The van der Waals surface area contributed by atoms with Crippen LogP contribution in [-0.2, 0) is 10.1 Å². The number of hydrogen-bond donors (Lipinski definition) is 0. The quantitative estimate of drug-likeness (QED) is 0.806. The zero-order valence-corrected chi connectivity index (χ0v) is 14.2. The minimum absolute atomic E-state index is 0.159. The molecule has 4 nitrogen and oxygen atoms in total. The van der Waals surface area contributed by atoms with E-state index in [4.69, 9.17) is 8.92 Å². The van der Waals surface area contributed by atoms with Gasteiger partial charge in [0.1, 0.15) is 16.4 Å². The normalized spacial score (nSPS) is 11.3. The third-order valence-corrected chi connectivity index (χ3v) is 4.88. The molecule has 0 amide bonds. The molecule has 22 heavy (non-hydrogen) atoms. The van der Waals surface area contributed by atoms with Gasteiger partial charge >= 0.3 is 10.1 Å². The van der Waals surface area contributed by atoms with E-state index in [-0.39, 0.29) is 4.90 Å². The van der Waals surface area contributed by atoms with Crippen molar-refractivity contribution in [1.82, 2.24) is 0 Å². The van der Waals surface area contributed by atoms with Crippen molar-refractivity contribution in [1.29, 1.82) is 0 Å². The average molecular weight is 320 g/mol. The third-order valence-electron chi connectivity index (χ3n) is 3.50. The van der Waals surface area contributed by atoms with Crippen LogP contribution in [0.5, 0.6) is 11.5 Å². The van der Waals surface area contributed by atoms with Crippen molar-refractivity contribution in [2.75, 3.05) is 7.11 Å². The van der Waals surface area contributed by atoms with E-state index < -0.39 is 10.1 Å². The number of aryl methyl sites for hydroxylation is 4. The van der Waals surface area contributed by atoms with E-state index in [0.29, 0.717) is 17.1 Å². The summed E-state index contributed by atoms with van der Waals surface area (Å²) >= 11 is 0. The number of ether oxygens (including phenoxy) is 1. The van der Waals surface area contributed by atoms with E-state index in [1.54, 1.807) is 39.2 Å². The summed E-state index contributed by atoms with van der Waals surface area (Å²) in [5, 5.41) is 0. The smallest absolute Gasteiger partial charge is 0.339 e. The van der Waals surface area contributed by atoms with Crippen LogP contribution in [0.2, 0.25) is 0 Å². The van der Waals surface area contributed by atoms with Crippen molar-refractivity contribution < 1.29 is 17.3 Å². The summed E-state index contributed by atoms with van der Waals surface area (Å²) in [6.07, 6.45) is 0. The van der Waals surface area contributed by atoms with E-state index in [1.165, 1.54) is 0 Å². The maximum atomic E-state index is 12.6. The van der Waals surface area contributed by atoms with Gasteiger partial charge in [-0.1, -0.05) is 12.1 Å². The Morgan fingerprint density at radius 1 is 0.818 bits per heavy atom. The van der Waals surface area contributed by atoms with Gasteiger partial charge < -0.3 is 8.92 Å². The van der Waals surface area contributed by atoms with Gasteiger partial charge in [-0.2, -0.15) is 8.42 Å². The van der Waals surface area contributed by atoms with Gasteiger partial charge in [0.2, 0.25) is 0 Å². The molecule has 0 aliphatic rings. The molecule has 0 aliphatic carbocycles. The summed E-state index contributed by atoms with van der Waals surface area (Å²) in [7, 11) is -2.33. The lowest BCUT2D eigenvalue weighted by atomic mass is 10.1. The van der Waals surface area contributed by atoms with Crippen LogP contribution in [-0.4, -0.2) is 15.5 Å². The highest BCUT2D eigenvalue weighted by atomic mass is 32.2. The van der Waals surface area contributed by atoms with E-state index >= 15 is 0 Å². The highest BCUT2D eigenvalue weighted by Crippen LogP contribution is 2.29. The summed E-state index contributed by atoms with van der Waals surface area (Å²) in [6.45, 7) is 7.23. The number of methoxy groups -OCH3 is 1. The molecule has 0 saturated carbocycles. The Kier molecular flexibility index (Phi) is 4.47. The Labute approximate surface area is 131 Å². The summed E-state index contributed by atoms with van der Waals surface area (Å²) in [6, 6.07) is 8.76. The fraction of sp³-hybridized carbons (Fsp3) is 0.294. The zero-order chi connectivity index (χ0) is 16.5. The second-order valence-electron chi connectivity index (χ2n) is 5.39. The summed E-state index contributed by atoms with van der Waals surface area (Å²) in [4.78, 5) is 0.159. The van der Waals surface area contributed by atoms with E-state index in [2.05, 4.69) is 0 Å². The summed E-state index contributed by atoms with van der Waals surface area (Å²) in [5.74, 6) is 1.01. The molecule has 0 radical (unpaired) electrons. The molecule has 0 heterocycles. The average Bonchev–Trinajstić information content (AvgIpc) is 2.44. The minimum Gasteiger partial charge on any atom is -0.496 e. The molecule has 0 bridgehead atoms. The first-order chi connectivity index (χ1) is 10.2. The van der Waals surface area contributed by atoms with E-state index in [0.717, 1.165) is 16.7 Å². The highest BCUT2D eigenvalue weighted by molar-refractivity contribution is 7.87. The zero-order valence-electron chi connectivity index (χ0n) is 13.4. The highest BCUT2D eigenvalue weighted by Gasteiger charge is 2.22. The molecule has 118 valence electrons. The summed E-state index contributed by atoms with van der Waals surface area (Å²) in [5.41, 5.74) is 3.06. The largest absolute Gasteiger partial charge is 0.496 e. The monoisotopic (exact) mass is 320 g/mol. The number of hydrogen-bond acceptors (Lipinski definition) is 4. The second kappa shape index (κ2) is 6.01. The molecular formula is C17H20O4S. The van der Waals surface area contributed by atoms with Gasteiger partial charge in [-0.3, -0.25) is 0 Å². The van der Waals surface area contributed by atoms with Crippen molar-refractivity contribution in [2.45, 2.75) is 32.6 Å². The van der Waals surface area contributed by atoms with Crippen molar-refractivity contribution in [3.8, 4) is 11.5 Å². The van der Waals surface area contributed by atoms with Crippen LogP contribution in [0.1, 0.15) is 22.3 Å². The maximum absolute atomic E-state index is 12.6. The van der Waals surface area contributed by atoms with Crippen molar-refractivity contribution >= 4 is 10.1 Å². The van der Waals surface area contributed by atoms with E-state index in [1.807, 2.05) is 26.0 Å². The lowest BCUT2D eigenvalue weighted by Gasteiger charge is -2.14. The first-order valence-electron chi connectivity index (χ1n) is 6.91. The fourth-order valence-corrected chi connectivity index (χ4v) is 3.49. The van der Waals surface area contributed by atoms with Crippen LogP contribution in [0.3, 0.4) is 0 Å². The van der Waals surface area contributed by atoms with Crippen molar-refractivity contribution in [3.05, 3.63) is 52.6 Å². The standard InChI is InChI=1S/C17H20O4S/c1-11-6-7-12(2)16(8-11)21-22(18,19)17-10-13(3)15(20-5)9-14(17)4/h6-10H,1-5H3. The Hall–Kier alpha value is -2.01. The molecule has 0 aromatic heterocycles. The number of rotatable bonds is 4. The van der Waals surface area contributed by atoms with Gasteiger partial charge in [-0.15, -0.1) is 0 Å². The molecule has 5 heteroatoms. The van der Waals surface area contributed by atoms with Crippen molar-refractivity contribution in [2.24, 2.45) is 0 Å². The Morgan fingerprint density at radius 3 is 2.14 bits per heavy atom. The van der Waals surface area contributed by atoms with Crippen LogP contribution < -0.4 is 8.92 Å². The lowest BCUT2D eigenvalue weighted by molar-refractivity contribution is 0.410. The molecule has 0 fully saturated rings. The maximum Gasteiger partial charge on any atom is 0.339 e. The van der Waals surface area contributed by atoms with Crippen molar-refractivity contribution in [3.63, 3.8) is 0 Å². The molecule has 0 N–H and O–H groups in total. The van der Waals surface area contributed by atoms with Gasteiger partial charge in [0, 0.05) is 0 Å². The Morgan fingerprint density at radius 2 is 1.50 bits per heavy atom. The molecule has 2 aromatic carbocycles. The second-order valence-corrected chi connectivity index (χ2v) is 6.91. The van der Waals surface area contributed by atoms with Crippen LogP contribution in [0.4, 0.5) is 0 Å². The minimum atomic E-state index is -3.89. The fourth-order valence-electron chi connectivity index (χ4n) is 2.21. The van der Waals surface area contributed by atoms with Gasteiger partial charge in [-0.25, -0.2) is 0 Å². The van der Waals surface area contributed by atoms with Crippen LogP contribution in [0, 0.1) is 27.7 Å².